The van der Waals surface area contributed by atoms with Crippen molar-refractivity contribution in [3.05, 3.63) is 41.7 Å². The van der Waals surface area contributed by atoms with Crippen LogP contribution in [0.4, 0.5) is 8.78 Å². The van der Waals surface area contributed by atoms with Gasteiger partial charge in [0.2, 0.25) is 0 Å². The summed E-state index contributed by atoms with van der Waals surface area (Å²) in [5.74, 6) is 0.310. The van der Waals surface area contributed by atoms with E-state index in [2.05, 4.69) is 20.3 Å². The van der Waals surface area contributed by atoms with E-state index >= 15 is 0 Å². The number of nitrogens with zero attached hydrogens (tertiary/aromatic N) is 1. The first kappa shape index (κ1) is 15.2. The van der Waals surface area contributed by atoms with Gasteiger partial charge in [-0.2, -0.15) is 13.9 Å². The topological polar surface area (TPSA) is 59.2 Å². The van der Waals surface area contributed by atoms with Crippen LogP contribution in [-0.2, 0) is 6.54 Å². The second-order valence-electron chi connectivity index (χ2n) is 4.50. The number of H-pyrrole nitrogens is 1. The molecular weight excluding hydrogens is 280 g/mol. The fraction of sp³-hybridized carbons (Fsp3) is 0.357. The number of benzene rings is 1. The summed E-state index contributed by atoms with van der Waals surface area (Å²) >= 11 is 0. The van der Waals surface area contributed by atoms with Crippen molar-refractivity contribution < 1.29 is 18.3 Å². The minimum atomic E-state index is -2.88. The highest BCUT2D eigenvalue weighted by Crippen LogP contribution is 2.29. The number of alkyl halides is 2. The molecule has 2 rings (SSSR count). The minimum Gasteiger partial charge on any atom is -0.493 e. The molecule has 1 unspecified atom stereocenters. The standard InChI is InChI=1S/C14H17F2N3O2/c1-9(11-7-18-19-8-11)17-6-10-3-4-12(20-2)13(5-10)21-14(15)16/h3-5,7-9,14,17H,6H2,1-2H3,(H,18,19). The van der Waals surface area contributed by atoms with Gasteiger partial charge in [-0.05, 0) is 24.6 Å². The smallest absolute Gasteiger partial charge is 0.387 e. The van der Waals surface area contributed by atoms with Gasteiger partial charge in [-0.15, -0.1) is 0 Å². The van der Waals surface area contributed by atoms with Crippen LogP contribution in [0.15, 0.2) is 30.6 Å². The van der Waals surface area contributed by atoms with Crippen molar-refractivity contribution in [3.63, 3.8) is 0 Å². The van der Waals surface area contributed by atoms with Gasteiger partial charge in [-0.25, -0.2) is 0 Å². The molecule has 1 heterocycles. The molecule has 1 aromatic heterocycles. The highest BCUT2D eigenvalue weighted by Gasteiger charge is 2.12. The minimum absolute atomic E-state index is 0.0303. The van der Waals surface area contributed by atoms with Gasteiger partial charge in [0, 0.05) is 24.3 Å². The first-order valence-corrected chi connectivity index (χ1v) is 6.44. The van der Waals surface area contributed by atoms with Gasteiger partial charge in [0.15, 0.2) is 11.5 Å². The molecule has 0 saturated carbocycles. The van der Waals surface area contributed by atoms with E-state index < -0.39 is 6.61 Å². The zero-order valence-corrected chi connectivity index (χ0v) is 11.8. The van der Waals surface area contributed by atoms with Gasteiger partial charge in [-0.3, -0.25) is 5.10 Å². The van der Waals surface area contributed by atoms with Crippen LogP contribution in [0.5, 0.6) is 11.5 Å². The predicted octanol–water partition coefficient (Wildman–Crippen LogP) is 2.87. The van der Waals surface area contributed by atoms with Gasteiger partial charge in [0.25, 0.3) is 0 Å². The predicted molar refractivity (Wildman–Crippen MR) is 73.5 cm³/mol. The van der Waals surface area contributed by atoms with E-state index in [0.29, 0.717) is 6.54 Å². The molecule has 21 heavy (non-hydrogen) atoms. The molecule has 5 nitrogen and oxygen atoms in total. The van der Waals surface area contributed by atoms with Crippen LogP contribution in [0.25, 0.3) is 0 Å². The Morgan fingerprint density at radius 3 is 2.76 bits per heavy atom. The third kappa shape index (κ3) is 4.16. The number of methoxy groups -OCH3 is 1. The molecule has 0 spiro atoms. The normalized spacial score (nSPS) is 12.4. The Labute approximate surface area is 121 Å². The van der Waals surface area contributed by atoms with Crippen molar-refractivity contribution in [3.8, 4) is 11.5 Å². The van der Waals surface area contributed by atoms with E-state index in [1.54, 1.807) is 30.6 Å². The molecule has 0 aliphatic carbocycles. The molecule has 0 aliphatic heterocycles. The molecule has 0 radical (unpaired) electrons. The van der Waals surface area contributed by atoms with E-state index in [4.69, 9.17) is 4.74 Å². The van der Waals surface area contributed by atoms with E-state index in [-0.39, 0.29) is 17.5 Å². The quantitative estimate of drug-likeness (QED) is 0.825. The van der Waals surface area contributed by atoms with Crippen molar-refractivity contribution >= 4 is 0 Å². The maximum absolute atomic E-state index is 12.4. The average molecular weight is 297 g/mol. The Morgan fingerprint density at radius 1 is 1.33 bits per heavy atom. The van der Waals surface area contributed by atoms with Crippen LogP contribution in [-0.4, -0.2) is 23.9 Å². The largest absolute Gasteiger partial charge is 0.493 e. The van der Waals surface area contributed by atoms with Crippen LogP contribution < -0.4 is 14.8 Å². The maximum Gasteiger partial charge on any atom is 0.387 e. The zero-order chi connectivity index (χ0) is 15.2. The number of aromatic nitrogens is 2. The third-order valence-electron chi connectivity index (χ3n) is 3.08. The number of aromatic amines is 1. The fourth-order valence-electron chi connectivity index (χ4n) is 1.91. The summed E-state index contributed by atoms with van der Waals surface area (Å²) in [6.07, 6.45) is 3.54. The van der Waals surface area contributed by atoms with E-state index in [1.807, 2.05) is 6.92 Å². The number of halogens is 2. The third-order valence-corrected chi connectivity index (χ3v) is 3.08. The Hall–Kier alpha value is -2.15. The highest BCUT2D eigenvalue weighted by molar-refractivity contribution is 5.43. The van der Waals surface area contributed by atoms with E-state index in [0.717, 1.165) is 11.1 Å². The van der Waals surface area contributed by atoms with E-state index in [1.165, 1.54) is 7.11 Å². The highest BCUT2D eigenvalue weighted by atomic mass is 19.3. The van der Waals surface area contributed by atoms with Gasteiger partial charge in [0.1, 0.15) is 0 Å². The number of rotatable bonds is 7. The molecule has 0 bridgehead atoms. The van der Waals surface area contributed by atoms with Crippen molar-refractivity contribution in [2.24, 2.45) is 0 Å². The summed E-state index contributed by atoms with van der Waals surface area (Å²) in [5, 5.41) is 9.90. The molecule has 0 fully saturated rings. The molecule has 7 heteroatoms. The molecule has 0 aliphatic rings. The number of nitrogens with one attached hydrogen (secondary N) is 2. The second-order valence-corrected chi connectivity index (χ2v) is 4.50. The van der Waals surface area contributed by atoms with Crippen LogP contribution in [0, 0.1) is 0 Å². The molecule has 2 aromatic rings. The lowest BCUT2D eigenvalue weighted by Gasteiger charge is -2.14. The lowest BCUT2D eigenvalue weighted by atomic mass is 10.1. The number of ether oxygens (including phenoxy) is 2. The molecular formula is C14H17F2N3O2. The van der Waals surface area contributed by atoms with Crippen LogP contribution in [0.3, 0.4) is 0 Å². The fourth-order valence-corrected chi connectivity index (χ4v) is 1.91. The van der Waals surface area contributed by atoms with Gasteiger partial charge < -0.3 is 14.8 Å². The summed E-state index contributed by atoms with van der Waals surface area (Å²) in [6, 6.07) is 5.04. The lowest BCUT2D eigenvalue weighted by molar-refractivity contribution is -0.0512. The zero-order valence-electron chi connectivity index (χ0n) is 11.8. The average Bonchev–Trinajstić information content (AvgIpc) is 2.98. The molecule has 0 saturated heterocycles. The molecule has 114 valence electrons. The van der Waals surface area contributed by atoms with Crippen molar-refractivity contribution in [2.45, 2.75) is 26.1 Å². The SMILES string of the molecule is COc1ccc(CNC(C)c2cn[nH]c2)cc1OC(F)F. The van der Waals surface area contributed by atoms with Crippen molar-refractivity contribution in [1.82, 2.24) is 15.5 Å². The van der Waals surface area contributed by atoms with Gasteiger partial charge in [-0.1, -0.05) is 6.07 Å². The summed E-state index contributed by atoms with van der Waals surface area (Å²) in [6.45, 7) is -0.382. The summed E-state index contributed by atoms with van der Waals surface area (Å²) in [7, 11) is 1.41. The van der Waals surface area contributed by atoms with Crippen LogP contribution in [0.1, 0.15) is 24.1 Å². The summed E-state index contributed by atoms with van der Waals surface area (Å²) in [4.78, 5) is 0. The first-order chi connectivity index (χ1) is 10.1. The Kier molecular flexibility index (Phi) is 5.10. The van der Waals surface area contributed by atoms with Crippen molar-refractivity contribution in [2.75, 3.05) is 7.11 Å². The number of hydrogen-bond acceptors (Lipinski definition) is 4. The maximum atomic E-state index is 12.4. The molecule has 2 N–H and O–H groups in total. The monoisotopic (exact) mass is 297 g/mol. The van der Waals surface area contributed by atoms with Crippen LogP contribution in [0.2, 0.25) is 0 Å². The van der Waals surface area contributed by atoms with Crippen molar-refractivity contribution in [1.29, 1.82) is 0 Å². The lowest BCUT2D eigenvalue weighted by Crippen LogP contribution is -2.17. The summed E-state index contributed by atoms with van der Waals surface area (Å²) in [5.41, 5.74) is 1.84. The molecule has 0 amide bonds. The molecule has 1 aromatic carbocycles. The number of hydrogen-bond donors (Lipinski definition) is 2. The second kappa shape index (κ2) is 7.03. The first-order valence-electron chi connectivity index (χ1n) is 6.44. The van der Waals surface area contributed by atoms with Gasteiger partial charge in [0.05, 0.1) is 13.3 Å². The van der Waals surface area contributed by atoms with Gasteiger partial charge >= 0.3 is 6.61 Å². The Morgan fingerprint density at radius 2 is 2.14 bits per heavy atom. The summed E-state index contributed by atoms with van der Waals surface area (Å²) < 4.78 is 34.2. The Bertz CT molecular complexity index is 561. The van der Waals surface area contributed by atoms with E-state index in [9.17, 15) is 8.78 Å². The molecule has 1 atom stereocenters. The Balaban J connectivity index is 2.03. The van der Waals surface area contributed by atoms with Crippen LogP contribution >= 0.6 is 0 Å².